The third-order valence-electron chi connectivity index (χ3n) is 4.03. The fourth-order valence-electron chi connectivity index (χ4n) is 2.83. The summed E-state index contributed by atoms with van der Waals surface area (Å²) in [4.78, 5) is 23.4. The molecule has 6 heteroatoms. The molecule has 1 fully saturated rings. The number of benzene rings is 1. The van der Waals surface area contributed by atoms with Crippen LogP contribution >= 0.6 is 0 Å². The van der Waals surface area contributed by atoms with Crippen LogP contribution in [0.25, 0.3) is 0 Å². The number of para-hydroxylation sites is 1. The van der Waals surface area contributed by atoms with E-state index < -0.39 is 0 Å². The van der Waals surface area contributed by atoms with Crippen LogP contribution in [0.2, 0.25) is 0 Å². The summed E-state index contributed by atoms with van der Waals surface area (Å²) in [5.41, 5.74) is 1.23. The lowest BCUT2D eigenvalue weighted by Gasteiger charge is -2.28. The molecule has 6 nitrogen and oxygen atoms in total. The molecule has 1 N–H and O–H groups in total. The summed E-state index contributed by atoms with van der Waals surface area (Å²) in [6.07, 6.45) is 3.51. The maximum atomic E-state index is 12.5. The Morgan fingerprint density at radius 2 is 1.96 bits per heavy atom. The number of hydrogen-bond donors (Lipinski definition) is 1. The fourth-order valence-corrected chi connectivity index (χ4v) is 2.83. The number of anilines is 2. The van der Waals surface area contributed by atoms with Crippen LogP contribution in [0.4, 0.5) is 11.5 Å². The van der Waals surface area contributed by atoms with Crippen molar-refractivity contribution in [2.75, 3.05) is 23.3 Å². The highest BCUT2D eigenvalue weighted by atomic mass is 16.1. The molecule has 1 aliphatic rings. The summed E-state index contributed by atoms with van der Waals surface area (Å²) >= 11 is 0. The van der Waals surface area contributed by atoms with Crippen molar-refractivity contribution in [3.05, 3.63) is 47.4 Å². The Hall–Kier alpha value is -2.94. The molecule has 24 heavy (non-hydrogen) atoms. The van der Waals surface area contributed by atoms with E-state index in [1.807, 2.05) is 0 Å². The lowest BCUT2D eigenvalue weighted by molar-refractivity contribution is 0.102. The summed E-state index contributed by atoms with van der Waals surface area (Å²) in [6, 6.07) is 10.7. The van der Waals surface area contributed by atoms with Gasteiger partial charge in [-0.2, -0.15) is 5.26 Å². The normalized spacial score (nSPS) is 14.1. The van der Waals surface area contributed by atoms with Crippen molar-refractivity contribution in [1.29, 1.82) is 5.26 Å². The Labute approximate surface area is 141 Å². The number of carbonyl (C=O) groups excluding carboxylic acids is 1. The van der Waals surface area contributed by atoms with Crippen molar-refractivity contribution in [2.45, 2.75) is 26.2 Å². The predicted octanol–water partition coefficient (Wildman–Crippen LogP) is 2.90. The number of nitriles is 1. The number of nitrogens with zero attached hydrogens (tertiary/aromatic N) is 4. The third-order valence-corrected chi connectivity index (χ3v) is 4.03. The van der Waals surface area contributed by atoms with E-state index in [0.717, 1.165) is 31.7 Å². The Bertz CT molecular complexity index is 790. The molecule has 0 aliphatic carbocycles. The van der Waals surface area contributed by atoms with Crippen LogP contribution in [0.1, 0.15) is 41.1 Å². The second-order valence-electron chi connectivity index (χ2n) is 5.82. The minimum atomic E-state index is -0.332. The molecule has 0 spiro atoms. The second-order valence-corrected chi connectivity index (χ2v) is 5.82. The molecular weight excluding hydrogens is 302 g/mol. The van der Waals surface area contributed by atoms with Gasteiger partial charge in [-0.05, 0) is 38.3 Å². The van der Waals surface area contributed by atoms with Crippen molar-refractivity contribution >= 4 is 17.4 Å². The zero-order valence-electron chi connectivity index (χ0n) is 13.6. The molecule has 1 aromatic heterocycles. The highest BCUT2D eigenvalue weighted by molar-refractivity contribution is 6.04. The quantitative estimate of drug-likeness (QED) is 0.940. The standard InChI is InChI=1S/C18H19N5O/c1-13-20-16(11-17(21-13)23-9-5-2-6-10-23)18(24)22-15-8-4-3-7-14(15)12-19/h3-4,7-8,11H,2,5-6,9-10H2,1H3,(H,22,24). The van der Waals surface area contributed by atoms with Crippen molar-refractivity contribution in [3.8, 4) is 6.07 Å². The van der Waals surface area contributed by atoms with Gasteiger partial charge >= 0.3 is 0 Å². The highest BCUT2D eigenvalue weighted by Crippen LogP contribution is 2.20. The van der Waals surface area contributed by atoms with Gasteiger partial charge in [0.25, 0.3) is 5.91 Å². The van der Waals surface area contributed by atoms with Gasteiger partial charge in [-0.3, -0.25) is 4.79 Å². The van der Waals surface area contributed by atoms with Gasteiger partial charge in [-0.15, -0.1) is 0 Å². The van der Waals surface area contributed by atoms with Gasteiger partial charge in [0.1, 0.15) is 23.4 Å². The minimum absolute atomic E-state index is 0.316. The van der Waals surface area contributed by atoms with E-state index in [0.29, 0.717) is 22.8 Å². The van der Waals surface area contributed by atoms with E-state index in [-0.39, 0.29) is 5.91 Å². The first kappa shape index (κ1) is 15.9. The van der Waals surface area contributed by atoms with Gasteiger partial charge in [0.15, 0.2) is 0 Å². The van der Waals surface area contributed by atoms with E-state index in [1.54, 1.807) is 37.3 Å². The highest BCUT2D eigenvalue weighted by Gasteiger charge is 2.17. The van der Waals surface area contributed by atoms with Gasteiger partial charge in [-0.25, -0.2) is 9.97 Å². The average molecular weight is 321 g/mol. The monoisotopic (exact) mass is 321 g/mol. The first-order valence-electron chi connectivity index (χ1n) is 8.08. The van der Waals surface area contributed by atoms with E-state index in [4.69, 9.17) is 5.26 Å². The largest absolute Gasteiger partial charge is 0.356 e. The second kappa shape index (κ2) is 7.09. The van der Waals surface area contributed by atoms with Crippen molar-refractivity contribution in [3.63, 3.8) is 0 Å². The molecular formula is C18H19N5O. The predicted molar refractivity (Wildman–Crippen MR) is 91.9 cm³/mol. The van der Waals surface area contributed by atoms with Crippen molar-refractivity contribution < 1.29 is 4.79 Å². The molecule has 0 atom stereocenters. The van der Waals surface area contributed by atoms with Crippen LogP contribution < -0.4 is 10.2 Å². The van der Waals surface area contributed by atoms with Gasteiger partial charge in [0.2, 0.25) is 0 Å². The summed E-state index contributed by atoms with van der Waals surface area (Å²) in [7, 11) is 0. The SMILES string of the molecule is Cc1nc(C(=O)Nc2ccccc2C#N)cc(N2CCCCC2)n1. The van der Waals surface area contributed by atoms with E-state index in [2.05, 4.69) is 26.3 Å². The number of aromatic nitrogens is 2. The van der Waals surface area contributed by atoms with Gasteiger partial charge in [0.05, 0.1) is 11.3 Å². The lowest BCUT2D eigenvalue weighted by Crippen LogP contribution is -2.31. The Morgan fingerprint density at radius 3 is 2.71 bits per heavy atom. The van der Waals surface area contributed by atoms with Crippen LogP contribution in [0.3, 0.4) is 0 Å². The Kier molecular flexibility index (Phi) is 4.71. The zero-order chi connectivity index (χ0) is 16.9. The Morgan fingerprint density at radius 1 is 1.21 bits per heavy atom. The summed E-state index contributed by atoms with van der Waals surface area (Å²) in [5.74, 6) is 1.03. The maximum absolute atomic E-state index is 12.5. The number of carbonyl (C=O) groups is 1. The van der Waals surface area contributed by atoms with Crippen molar-refractivity contribution in [1.82, 2.24) is 9.97 Å². The smallest absolute Gasteiger partial charge is 0.274 e. The van der Waals surface area contributed by atoms with Crippen LogP contribution in [0, 0.1) is 18.3 Å². The number of nitrogens with one attached hydrogen (secondary N) is 1. The number of rotatable bonds is 3. The van der Waals surface area contributed by atoms with Gasteiger partial charge < -0.3 is 10.2 Å². The fraction of sp³-hybridized carbons (Fsp3) is 0.333. The molecule has 1 saturated heterocycles. The molecule has 1 aromatic carbocycles. The molecule has 122 valence electrons. The van der Waals surface area contributed by atoms with Crippen LogP contribution in [-0.4, -0.2) is 29.0 Å². The van der Waals surface area contributed by atoms with E-state index >= 15 is 0 Å². The van der Waals surface area contributed by atoms with E-state index in [9.17, 15) is 4.79 Å². The molecule has 1 amide bonds. The van der Waals surface area contributed by atoms with Crippen LogP contribution in [0.5, 0.6) is 0 Å². The lowest BCUT2D eigenvalue weighted by atomic mass is 10.1. The van der Waals surface area contributed by atoms with Crippen LogP contribution in [-0.2, 0) is 0 Å². The molecule has 0 radical (unpaired) electrons. The zero-order valence-corrected chi connectivity index (χ0v) is 13.6. The molecule has 2 heterocycles. The minimum Gasteiger partial charge on any atom is -0.356 e. The van der Waals surface area contributed by atoms with Crippen LogP contribution in [0.15, 0.2) is 30.3 Å². The third kappa shape index (κ3) is 3.51. The van der Waals surface area contributed by atoms with E-state index in [1.165, 1.54) is 6.42 Å². The summed E-state index contributed by atoms with van der Waals surface area (Å²) in [5, 5.41) is 11.9. The summed E-state index contributed by atoms with van der Waals surface area (Å²) in [6.45, 7) is 3.69. The van der Waals surface area contributed by atoms with Gasteiger partial charge in [-0.1, -0.05) is 12.1 Å². The molecule has 3 rings (SSSR count). The van der Waals surface area contributed by atoms with Gasteiger partial charge in [0, 0.05) is 19.2 Å². The first-order chi connectivity index (χ1) is 11.7. The number of hydrogen-bond acceptors (Lipinski definition) is 5. The first-order valence-corrected chi connectivity index (χ1v) is 8.08. The Balaban J connectivity index is 1.84. The number of piperidine rings is 1. The molecule has 0 saturated carbocycles. The topological polar surface area (TPSA) is 81.9 Å². The van der Waals surface area contributed by atoms with Crippen molar-refractivity contribution in [2.24, 2.45) is 0 Å². The summed E-state index contributed by atoms with van der Waals surface area (Å²) < 4.78 is 0. The molecule has 2 aromatic rings. The molecule has 1 aliphatic heterocycles. The molecule has 0 unspecified atom stereocenters. The number of aryl methyl sites for hydroxylation is 1. The average Bonchev–Trinajstić information content (AvgIpc) is 2.62. The maximum Gasteiger partial charge on any atom is 0.274 e. The molecule has 0 bridgehead atoms. The number of amides is 1.